The average molecular weight is 1390 g/mol. The first-order valence-corrected chi connectivity index (χ1v) is 41.9. The summed E-state index contributed by atoms with van der Waals surface area (Å²) in [5.41, 5.74) is 0. The number of carbonyl (C=O) groups excluding carboxylic acids is 4. The molecule has 0 saturated heterocycles. The fourth-order valence-electron chi connectivity index (χ4n) is 11.2. The third kappa shape index (κ3) is 69.8. The Kier molecular flexibility index (Phi) is 66.9. The van der Waals surface area contributed by atoms with Gasteiger partial charge < -0.3 is 33.8 Å². The van der Waals surface area contributed by atoms with Gasteiger partial charge in [-0.1, -0.05) is 322 Å². The number of aliphatic hydroxyl groups is 1. The second kappa shape index (κ2) is 68.7. The van der Waals surface area contributed by atoms with Gasteiger partial charge in [0.1, 0.15) is 19.3 Å². The number of allylic oxidation sites excluding steroid dienone is 4. The van der Waals surface area contributed by atoms with Crippen LogP contribution in [-0.2, 0) is 65.4 Å². The lowest BCUT2D eigenvalue weighted by molar-refractivity contribution is -0.161. The molecule has 5 atom stereocenters. The SMILES string of the molecule is CCCCCC/C=C\C=C/CCCCCCCC(=O)O[C@H](COC(=O)CCCCCCCCCCCCCCC(C)C)COP(=O)(O)OC[C@@H](O)COP(=O)(O)OC[C@@H](COC(=O)CCCCCCCCCCCCC)OC(=O)CCCCCCCCCCCCCCCC. The van der Waals surface area contributed by atoms with E-state index in [1.165, 1.54) is 186 Å². The Morgan fingerprint density at radius 2 is 0.568 bits per heavy atom. The van der Waals surface area contributed by atoms with Crippen LogP contribution in [0.25, 0.3) is 0 Å². The molecule has 0 aromatic heterocycles. The first kappa shape index (κ1) is 92.5. The maximum atomic E-state index is 13.1. The molecule has 560 valence electrons. The highest BCUT2D eigenvalue weighted by molar-refractivity contribution is 7.47. The molecular formula is C76H144O17P2. The quantitative estimate of drug-likeness (QED) is 0.0169. The number of unbranched alkanes of at least 4 members (excludes halogenated alkanes) is 43. The largest absolute Gasteiger partial charge is 0.472 e. The van der Waals surface area contributed by atoms with E-state index >= 15 is 0 Å². The van der Waals surface area contributed by atoms with Gasteiger partial charge in [-0.05, 0) is 57.3 Å². The van der Waals surface area contributed by atoms with E-state index in [9.17, 15) is 43.2 Å². The Morgan fingerprint density at radius 3 is 0.863 bits per heavy atom. The number of ether oxygens (including phenoxy) is 4. The number of phosphoric acid groups is 2. The summed E-state index contributed by atoms with van der Waals surface area (Å²) in [7, 11) is -9.92. The topological polar surface area (TPSA) is 237 Å². The summed E-state index contributed by atoms with van der Waals surface area (Å²) in [6.45, 7) is 7.24. The van der Waals surface area contributed by atoms with Crippen LogP contribution in [0, 0.1) is 5.92 Å². The summed E-state index contributed by atoms with van der Waals surface area (Å²) in [4.78, 5) is 72.8. The average Bonchev–Trinajstić information content (AvgIpc) is 1.77. The standard InChI is InChI=1S/C76H144O17P2/c1-6-9-12-15-18-21-24-26-28-30-37-42-47-52-57-62-76(81)93-72(66-87-74(79)60-55-50-45-40-35-32-31-34-38-43-48-53-58-69(4)5)68-91-95(84,85)89-64-70(77)63-88-94(82,83)90-67-71(65-86-73(78)59-54-49-44-39-33-23-20-17-14-11-8-3)92-75(80)61-56-51-46-41-36-29-27-25-22-19-16-13-10-7-2/h21,24,26,28,69-72,77H,6-20,22-23,25,27,29-68H2,1-5H3,(H,82,83)(H,84,85)/b24-21-,28-26-/t70-,71+,72+/m0/s1. The van der Waals surface area contributed by atoms with Crippen LogP contribution in [0.3, 0.4) is 0 Å². The fourth-order valence-corrected chi connectivity index (χ4v) is 12.7. The van der Waals surface area contributed by atoms with Crippen LogP contribution in [0.15, 0.2) is 24.3 Å². The van der Waals surface area contributed by atoms with Gasteiger partial charge in [-0.2, -0.15) is 0 Å². The van der Waals surface area contributed by atoms with Crippen molar-refractivity contribution >= 4 is 39.5 Å². The molecule has 2 unspecified atom stereocenters. The Labute approximate surface area is 580 Å². The molecule has 0 rings (SSSR count). The highest BCUT2D eigenvalue weighted by atomic mass is 31.2. The molecule has 0 aliphatic rings. The van der Waals surface area contributed by atoms with Gasteiger partial charge in [0, 0.05) is 25.7 Å². The van der Waals surface area contributed by atoms with Crippen molar-refractivity contribution in [1.29, 1.82) is 0 Å². The molecule has 0 aliphatic heterocycles. The van der Waals surface area contributed by atoms with Crippen molar-refractivity contribution in [2.45, 2.75) is 393 Å². The summed E-state index contributed by atoms with van der Waals surface area (Å²) in [6, 6.07) is 0. The second-order valence-electron chi connectivity index (χ2n) is 27.2. The van der Waals surface area contributed by atoms with Crippen molar-refractivity contribution in [2.24, 2.45) is 5.92 Å². The van der Waals surface area contributed by atoms with Crippen molar-refractivity contribution in [3.8, 4) is 0 Å². The minimum Gasteiger partial charge on any atom is -0.462 e. The van der Waals surface area contributed by atoms with Crippen molar-refractivity contribution in [1.82, 2.24) is 0 Å². The zero-order chi connectivity index (χ0) is 69.8. The lowest BCUT2D eigenvalue weighted by Crippen LogP contribution is -2.30. The second-order valence-corrected chi connectivity index (χ2v) is 30.1. The number of aliphatic hydroxyl groups excluding tert-OH is 1. The summed E-state index contributed by atoms with van der Waals surface area (Å²) in [6.07, 6.45) is 60.3. The van der Waals surface area contributed by atoms with E-state index in [4.69, 9.17) is 37.0 Å². The van der Waals surface area contributed by atoms with Gasteiger partial charge in [-0.25, -0.2) is 9.13 Å². The van der Waals surface area contributed by atoms with E-state index in [2.05, 4.69) is 58.9 Å². The van der Waals surface area contributed by atoms with Crippen LogP contribution in [0.5, 0.6) is 0 Å². The molecule has 95 heavy (non-hydrogen) atoms. The summed E-state index contributed by atoms with van der Waals surface area (Å²) in [5.74, 6) is -1.36. The van der Waals surface area contributed by atoms with Crippen molar-refractivity contribution < 1.29 is 80.2 Å². The summed E-state index contributed by atoms with van der Waals surface area (Å²) >= 11 is 0. The maximum absolute atomic E-state index is 13.1. The Hall–Kier alpha value is -2.46. The molecule has 0 heterocycles. The van der Waals surface area contributed by atoms with Gasteiger partial charge >= 0.3 is 39.5 Å². The van der Waals surface area contributed by atoms with E-state index in [1.54, 1.807) is 0 Å². The zero-order valence-corrected chi connectivity index (χ0v) is 63.1. The third-order valence-electron chi connectivity index (χ3n) is 17.2. The number of hydrogen-bond acceptors (Lipinski definition) is 15. The number of hydrogen-bond donors (Lipinski definition) is 3. The molecule has 0 spiro atoms. The van der Waals surface area contributed by atoms with Crippen LogP contribution < -0.4 is 0 Å². The van der Waals surface area contributed by atoms with Crippen LogP contribution in [0.1, 0.15) is 375 Å². The lowest BCUT2D eigenvalue weighted by atomic mass is 10.0. The first-order chi connectivity index (χ1) is 46.0. The van der Waals surface area contributed by atoms with E-state index in [0.717, 1.165) is 109 Å². The number of esters is 4. The van der Waals surface area contributed by atoms with Gasteiger partial charge in [0.15, 0.2) is 12.2 Å². The number of rotatable bonds is 74. The molecule has 0 aromatic rings. The maximum Gasteiger partial charge on any atom is 0.472 e. The predicted molar refractivity (Wildman–Crippen MR) is 386 cm³/mol. The van der Waals surface area contributed by atoms with Gasteiger partial charge in [0.25, 0.3) is 0 Å². The molecule has 3 N–H and O–H groups in total. The van der Waals surface area contributed by atoms with Crippen LogP contribution in [-0.4, -0.2) is 96.7 Å². The smallest absolute Gasteiger partial charge is 0.462 e. The molecule has 0 aromatic carbocycles. The Morgan fingerprint density at radius 1 is 0.326 bits per heavy atom. The number of carbonyl (C=O) groups is 4. The fraction of sp³-hybridized carbons (Fsp3) is 0.895. The monoisotopic (exact) mass is 1390 g/mol. The summed E-state index contributed by atoms with van der Waals surface area (Å²) < 4.78 is 68.5. The van der Waals surface area contributed by atoms with Gasteiger partial charge in [-0.3, -0.25) is 37.3 Å². The van der Waals surface area contributed by atoms with E-state index in [0.29, 0.717) is 25.7 Å². The number of phosphoric ester groups is 2. The van der Waals surface area contributed by atoms with Gasteiger partial charge in [-0.15, -0.1) is 0 Å². The van der Waals surface area contributed by atoms with E-state index in [-0.39, 0.29) is 25.7 Å². The molecule has 0 saturated carbocycles. The first-order valence-electron chi connectivity index (χ1n) is 39.0. The van der Waals surface area contributed by atoms with Crippen molar-refractivity contribution in [3.05, 3.63) is 24.3 Å². The molecule has 0 fully saturated rings. The van der Waals surface area contributed by atoms with Crippen molar-refractivity contribution in [2.75, 3.05) is 39.6 Å². The van der Waals surface area contributed by atoms with Crippen LogP contribution in [0.4, 0.5) is 0 Å². The molecule has 0 aliphatic carbocycles. The minimum absolute atomic E-state index is 0.0854. The molecule has 0 radical (unpaired) electrons. The molecule has 17 nitrogen and oxygen atoms in total. The summed E-state index contributed by atoms with van der Waals surface area (Å²) in [5, 5.41) is 10.6. The minimum atomic E-state index is -4.96. The van der Waals surface area contributed by atoms with Crippen LogP contribution in [0.2, 0.25) is 0 Å². The molecule has 0 bridgehead atoms. The highest BCUT2D eigenvalue weighted by Crippen LogP contribution is 2.45. The Balaban J connectivity index is 5.29. The Bertz CT molecular complexity index is 1920. The highest BCUT2D eigenvalue weighted by Gasteiger charge is 2.30. The third-order valence-corrected chi connectivity index (χ3v) is 19.1. The van der Waals surface area contributed by atoms with Gasteiger partial charge in [0.2, 0.25) is 0 Å². The zero-order valence-electron chi connectivity index (χ0n) is 61.3. The molecule has 0 amide bonds. The lowest BCUT2D eigenvalue weighted by Gasteiger charge is -2.21. The van der Waals surface area contributed by atoms with Crippen molar-refractivity contribution in [3.63, 3.8) is 0 Å². The van der Waals surface area contributed by atoms with E-state index < -0.39 is 97.5 Å². The normalized spacial score (nSPS) is 14.1. The predicted octanol–water partition coefficient (Wildman–Crippen LogP) is 22.0. The van der Waals surface area contributed by atoms with Crippen LogP contribution >= 0.6 is 15.6 Å². The molecule has 19 heteroatoms. The van der Waals surface area contributed by atoms with E-state index in [1.807, 2.05) is 0 Å². The molecular weight excluding hydrogens is 1250 g/mol. The van der Waals surface area contributed by atoms with Gasteiger partial charge in [0.05, 0.1) is 26.4 Å².